The van der Waals surface area contributed by atoms with Crippen molar-refractivity contribution in [3.05, 3.63) is 53.2 Å². The minimum Gasteiger partial charge on any atom is -0.358 e. The Balaban J connectivity index is 2.14. The van der Waals surface area contributed by atoms with E-state index in [1.165, 1.54) is 5.56 Å². The number of fused-ring (bicyclic) bond motifs is 1. The number of rotatable bonds is 4. The molecule has 0 fully saturated rings. The highest BCUT2D eigenvalue weighted by atomic mass is 35.5. The third-order valence-corrected chi connectivity index (χ3v) is 3.12. The first kappa shape index (κ1) is 13.6. The van der Waals surface area contributed by atoms with Gasteiger partial charge in [-0.25, -0.2) is 4.99 Å². The lowest BCUT2D eigenvalue weighted by Gasteiger charge is -2.26. The van der Waals surface area contributed by atoms with E-state index in [2.05, 4.69) is 21.6 Å². The highest BCUT2D eigenvalue weighted by Gasteiger charge is 2.15. The van der Waals surface area contributed by atoms with Crippen LogP contribution in [0, 0.1) is 0 Å². The Morgan fingerprint density at radius 1 is 1.47 bits per heavy atom. The zero-order valence-corrected chi connectivity index (χ0v) is 11.6. The smallest absolute Gasteiger partial charge is 0.109 e. The van der Waals surface area contributed by atoms with E-state index < -0.39 is 0 Å². The fourth-order valence-electron chi connectivity index (χ4n) is 1.91. The molecule has 1 aliphatic heterocycles. The molecule has 1 aromatic rings. The summed E-state index contributed by atoms with van der Waals surface area (Å²) in [7, 11) is 2.05. The van der Waals surface area contributed by atoms with E-state index in [9.17, 15) is 0 Å². The molecule has 2 rings (SSSR count). The molecule has 1 aromatic carbocycles. The number of hydrogen-bond acceptors (Lipinski definition) is 3. The monoisotopic (exact) mass is 273 g/mol. The van der Waals surface area contributed by atoms with Gasteiger partial charge in [-0.05, 0) is 30.5 Å². The normalized spacial score (nSPS) is 14.8. The van der Waals surface area contributed by atoms with Crippen LogP contribution in [0.25, 0.3) is 0 Å². The molecule has 19 heavy (non-hydrogen) atoms. The van der Waals surface area contributed by atoms with Crippen molar-refractivity contribution in [1.29, 1.82) is 0 Å². The molecule has 3 nitrogen and oxygen atoms in total. The maximum Gasteiger partial charge on any atom is 0.109 e. The van der Waals surface area contributed by atoms with Gasteiger partial charge >= 0.3 is 0 Å². The first-order chi connectivity index (χ1) is 9.20. The maximum absolute atomic E-state index is 6.00. The summed E-state index contributed by atoms with van der Waals surface area (Å²) in [6.07, 6.45) is 8.27. The number of aliphatic imine (C=N–C) groups is 2. The van der Waals surface area contributed by atoms with E-state index in [0.29, 0.717) is 0 Å². The summed E-state index contributed by atoms with van der Waals surface area (Å²) < 4.78 is 0. The summed E-state index contributed by atoms with van der Waals surface area (Å²) in [5.74, 6) is 1.03. The Bertz CT molecular complexity index is 559. The van der Waals surface area contributed by atoms with E-state index in [4.69, 9.17) is 11.6 Å². The summed E-state index contributed by atoms with van der Waals surface area (Å²) >= 11 is 6.00. The second-order valence-corrected chi connectivity index (χ2v) is 4.75. The SMILES string of the molecule is C=N/C=C\C=C/CC1=Nc2cc(Cl)ccc2CN1C. The molecule has 98 valence electrons. The van der Waals surface area contributed by atoms with E-state index in [0.717, 1.165) is 29.5 Å². The third-order valence-electron chi connectivity index (χ3n) is 2.88. The fraction of sp³-hybridized carbons (Fsp3) is 0.200. The van der Waals surface area contributed by atoms with Crippen molar-refractivity contribution in [2.24, 2.45) is 9.98 Å². The Morgan fingerprint density at radius 2 is 2.32 bits per heavy atom. The molecule has 0 amide bonds. The highest BCUT2D eigenvalue weighted by Crippen LogP contribution is 2.29. The molecule has 0 N–H and O–H groups in total. The van der Waals surface area contributed by atoms with Gasteiger partial charge in [0, 0.05) is 31.2 Å². The third kappa shape index (κ3) is 3.55. The maximum atomic E-state index is 6.00. The fourth-order valence-corrected chi connectivity index (χ4v) is 2.08. The summed E-state index contributed by atoms with van der Waals surface area (Å²) in [6, 6.07) is 5.85. The second kappa shape index (κ2) is 6.34. The lowest BCUT2D eigenvalue weighted by atomic mass is 10.1. The van der Waals surface area contributed by atoms with Gasteiger partial charge in [-0.3, -0.25) is 4.99 Å². The van der Waals surface area contributed by atoms with Gasteiger partial charge < -0.3 is 4.90 Å². The van der Waals surface area contributed by atoms with Crippen LogP contribution in [0.2, 0.25) is 5.02 Å². The molecule has 0 radical (unpaired) electrons. The van der Waals surface area contributed by atoms with Gasteiger partial charge in [0.2, 0.25) is 0 Å². The number of benzene rings is 1. The summed E-state index contributed by atoms with van der Waals surface area (Å²) in [6.45, 7) is 4.24. The molecule has 0 spiro atoms. The van der Waals surface area contributed by atoms with Gasteiger partial charge in [-0.15, -0.1) is 0 Å². The molecule has 0 saturated carbocycles. The minimum atomic E-state index is 0.724. The Hall–Kier alpha value is -1.87. The summed E-state index contributed by atoms with van der Waals surface area (Å²) in [4.78, 5) is 10.4. The number of hydrogen-bond donors (Lipinski definition) is 0. The van der Waals surface area contributed by atoms with Crippen LogP contribution in [0.1, 0.15) is 12.0 Å². The van der Waals surface area contributed by atoms with E-state index in [-0.39, 0.29) is 0 Å². The molecule has 0 atom stereocenters. The second-order valence-electron chi connectivity index (χ2n) is 4.31. The number of amidine groups is 1. The van der Waals surface area contributed by atoms with Crippen LogP contribution < -0.4 is 0 Å². The largest absolute Gasteiger partial charge is 0.358 e. The average molecular weight is 274 g/mol. The molecule has 0 unspecified atom stereocenters. The molecule has 1 aliphatic rings. The first-order valence-corrected chi connectivity index (χ1v) is 6.43. The first-order valence-electron chi connectivity index (χ1n) is 6.05. The van der Waals surface area contributed by atoms with Gasteiger partial charge in [-0.2, -0.15) is 0 Å². The van der Waals surface area contributed by atoms with Gasteiger partial charge in [0.15, 0.2) is 0 Å². The molecule has 0 aliphatic carbocycles. The van der Waals surface area contributed by atoms with Crippen LogP contribution in [0.4, 0.5) is 5.69 Å². The number of allylic oxidation sites excluding steroid dienone is 2. The molecule has 0 bridgehead atoms. The standard InChI is InChI=1S/C15H16ClN3/c1-17-9-5-3-4-6-15-18-14-10-13(16)8-7-12(14)11-19(15)2/h3-5,7-10H,1,6,11H2,2H3/b4-3-,9-5-. The number of nitrogens with zero attached hydrogens (tertiary/aromatic N) is 3. The van der Waals surface area contributed by atoms with Crippen LogP contribution in [0.3, 0.4) is 0 Å². The average Bonchev–Trinajstić information content (AvgIpc) is 2.39. The highest BCUT2D eigenvalue weighted by molar-refractivity contribution is 6.30. The number of halogens is 1. The van der Waals surface area contributed by atoms with Crippen molar-refractivity contribution < 1.29 is 0 Å². The molecule has 1 heterocycles. The van der Waals surface area contributed by atoms with Crippen LogP contribution in [0.5, 0.6) is 0 Å². The Kier molecular flexibility index (Phi) is 4.53. The van der Waals surface area contributed by atoms with Crippen LogP contribution in [-0.4, -0.2) is 24.5 Å². The predicted molar refractivity (Wildman–Crippen MR) is 82.5 cm³/mol. The van der Waals surface area contributed by atoms with Crippen molar-refractivity contribution in [2.45, 2.75) is 13.0 Å². The van der Waals surface area contributed by atoms with E-state index >= 15 is 0 Å². The molecular formula is C15H16ClN3. The Labute approximate surface area is 118 Å². The van der Waals surface area contributed by atoms with Crippen LogP contribution in [0.15, 0.2) is 52.6 Å². The van der Waals surface area contributed by atoms with Crippen molar-refractivity contribution in [3.8, 4) is 0 Å². The molecule has 0 saturated heterocycles. The summed E-state index contributed by atoms with van der Waals surface area (Å²) in [5, 5.41) is 0.724. The molecular weight excluding hydrogens is 258 g/mol. The van der Waals surface area contributed by atoms with Crippen LogP contribution >= 0.6 is 11.6 Å². The van der Waals surface area contributed by atoms with Crippen molar-refractivity contribution in [1.82, 2.24) is 4.90 Å². The van der Waals surface area contributed by atoms with Crippen molar-refractivity contribution in [2.75, 3.05) is 7.05 Å². The zero-order chi connectivity index (χ0) is 13.7. The summed E-state index contributed by atoms with van der Waals surface area (Å²) in [5.41, 5.74) is 2.17. The van der Waals surface area contributed by atoms with Gasteiger partial charge in [0.25, 0.3) is 0 Å². The lowest BCUT2D eigenvalue weighted by Crippen LogP contribution is -2.28. The van der Waals surface area contributed by atoms with E-state index in [1.807, 2.05) is 43.5 Å². The van der Waals surface area contributed by atoms with Gasteiger partial charge in [0.1, 0.15) is 5.84 Å². The quantitative estimate of drug-likeness (QED) is 0.602. The molecule has 4 heteroatoms. The predicted octanol–water partition coefficient (Wildman–Crippen LogP) is 3.98. The van der Waals surface area contributed by atoms with Gasteiger partial charge in [-0.1, -0.05) is 29.8 Å². The van der Waals surface area contributed by atoms with Crippen molar-refractivity contribution in [3.63, 3.8) is 0 Å². The van der Waals surface area contributed by atoms with Gasteiger partial charge in [0.05, 0.1) is 5.69 Å². The molecule has 0 aromatic heterocycles. The van der Waals surface area contributed by atoms with Crippen molar-refractivity contribution >= 4 is 29.8 Å². The van der Waals surface area contributed by atoms with E-state index in [1.54, 1.807) is 6.20 Å². The zero-order valence-electron chi connectivity index (χ0n) is 10.9. The Morgan fingerprint density at radius 3 is 3.11 bits per heavy atom. The minimum absolute atomic E-state index is 0.724. The topological polar surface area (TPSA) is 28.0 Å². The lowest BCUT2D eigenvalue weighted by molar-refractivity contribution is 0.486. The van der Waals surface area contributed by atoms with Crippen LogP contribution in [-0.2, 0) is 6.54 Å².